The third kappa shape index (κ3) is 2.76. The van der Waals surface area contributed by atoms with Gasteiger partial charge in [-0.25, -0.2) is 0 Å². The van der Waals surface area contributed by atoms with E-state index in [0.717, 1.165) is 26.2 Å². The average Bonchev–Trinajstić information content (AvgIpc) is 2.85. The van der Waals surface area contributed by atoms with Crippen LogP contribution in [0.25, 0.3) is 0 Å². The van der Waals surface area contributed by atoms with Crippen molar-refractivity contribution in [3.8, 4) is 0 Å². The minimum absolute atomic E-state index is 0.141. The van der Waals surface area contributed by atoms with Crippen molar-refractivity contribution in [2.45, 2.75) is 37.6 Å². The van der Waals surface area contributed by atoms with E-state index in [-0.39, 0.29) is 17.4 Å². The van der Waals surface area contributed by atoms with Gasteiger partial charge in [-0.05, 0) is 25.0 Å². The van der Waals surface area contributed by atoms with Gasteiger partial charge in [-0.15, -0.1) is 0 Å². The number of nitrogens with one attached hydrogen (secondary N) is 1. The first-order valence-corrected chi connectivity index (χ1v) is 9.11. The normalized spacial score (nSPS) is 23.8. The smallest absolute Gasteiger partial charge is 0.261 e. The van der Waals surface area contributed by atoms with Crippen LogP contribution >= 0.6 is 0 Å². The summed E-state index contributed by atoms with van der Waals surface area (Å²) < 4.78 is 0. The van der Waals surface area contributed by atoms with Gasteiger partial charge in [-0.3, -0.25) is 19.4 Å². The fourth-order valence-electron chi connectivity index (χ4n) is 4.48. The maximum absolute atomic E-state index is 12.4. The predicted molar refractivity (Wildman–Crippen MR) is 92.1 cm³/mol. The molecule has 2 fully saturated rings. The zero-order valence-electron chi connectivity index (χ0n) is 14.1. The van der Waals surface area contributed by atoms with E-state index in [1.165, 1.54) is 37.0 Å². The van der Waals surface area contributed by atoms with Gasteiger partial charge in [0.05, 0.1) is 11.1 Å². The predicted octanol–water partition coefficient (Wildman–Crippen LogP) is 1.89. The maximum atomic E-state index is 12.4. The van der Waals surface area contributed by atoms with E-state index in [1.54, 1.807) is 12.1 Å². The lowest BCUT2D eigenvalue weighted by Gasteiger charge is -2.46. The van der Waals surface area contributed by atoms with Gasteiger partial charge >= 0.3 is 0 Å². The topological polar surface area (TPSA) is 52.7 Å². The number of carbonyl (C=O) groups excluding carboxylic acids is 2. The van der Waals surface area contributed by atoms with E-state index in [1.807, 2.05) is 12.1 Å². The van der Waals surface area contributed by atoms with Crippen LogP contribution in [0.3, 0.4) is 0 Å². The number of benzene rings is 1. The lowest BCUT2D eigenvalue weighted by atomic mass is 9.80. The molecule has 2 aliphatic heterocycles. The zero-order chi connectivity index (χ0) is 16.6. The van der Waals surface area contributed by atoms with Crippen molar-refractivity contribution in [1.29, 1.82) is 0 Å². The molecule has 3 aliphatic rings. The van der Waals surface area contributed by atoms with Gasteiger partial charge in [0.2, 0.25) is 0 Å². The fourth-order valence-corrected chi connectivity index (χ4v) is 4.48. The minimum Gasteiger partial charge on any atom is -0.309 e. The van der Waals surface area contributed by atoms with Crippen molar-refractivity contribution >= 4 is 11.8 Å². The molecule has 5 nitrogen and oxygen atoms in total. The summed E-state index contributed by atoms with van der Waals surface area (Å²) in [5.41, 5.74) is 1.36. The molecule has 0 unspecified atom stereocenters. The van der Waals surface area contributed by atoms with E-state index < -0.39 is 0 Å². The van der Waals surface area contributed by atoms with Crippen LogP contribution in [0.4, 0.5) is 0 Å². The van der Waals surface area contributed by atoms with Gasteiger partial charge < -0.3 is 5.32 Å². The summed E-state index contributed by atoms with van der Waals surface area (Å²) in [4.78, 5) is 28.7. The van der Waals surface area contributed by atoms with Crippen molar-refractivity contribution in [2.75, 3.05) is 32.7 Å². The number of fused-ring (bicyclic) bond motifs is 1. The number of rotatable bonds is 3. The molecule has 5 heteroatoms. The first-order valence-electron chi connectivity index (χ1n) is 9.11. The van der Waals surface area contributed by atoms with Crippen LogP contribution in [0, 0.1) is 0 Å². The number of hydrogen-bond acceptors (Lipinski definition) is 4. The van der Waals surface area contributed by atoms with Crippen LogP contribution in [-0.2, 0) is 0 Å². The quantitative estimate of drug-likeness (QED) is 0.862. The molecule has 1 aromatic carbocycles. The molecule has 0 atom stereocenters. The number of imide groups is 1. The third-order valence-electron chi connectivity index (χ3n) is 5.78. The van der Waals surface area contributed by atoms with Crippen LogP contribution in [0.15, 0.2) is 24.3 Å². The second-order valence-corrected chi connectivity index (χ2v) is 7.35. The largest absolute Gasteiger partial charge is 0.309 e. The highest BCUT2D eigenvalue weighted by molar-refractivity contribution is 6.21. The Labute approximate surface area is 143 Å². The summed E-state index contributed by atoms with van der Waals surface area (Å²) in [7, 11) is 0. The average molecular weight is 327 g/mol. The standard InChI is InChI=1S/C19H25N3O2/c23-17-15-6-2-3-7-16(15)18(24)22(17)13-12-21-11-10-20-19(14-21)8-4-1-5-9-19/h2-3,6-7,20H,1,4-5,8-14H2. The molecule has 1 spiro atoms. The van der Waals surface area contributed by atoms with Crippen LogP contribution in [0.5, 0.6) is 0 Å². The van der Waals surface area contributed by atoms with Crippen LogP contribution in [0.1, 0.15) is 52.8 Å². The van der Waals surface area contributed by atoms with Crippen molar-refractivity contribution in [2.24, 2.45) is 0 Å². The lowest BCUT2D eigenvalue weighted by Crippen LogP contribution is -2.61. The summed E-state index contributed by atoms with van der Waals surface area (Å²) in [6.07, 6.45) is 6.45. The van der Waals surface area contributed by atoms with Gasteiger partial charge in [0, 0.05) is 38.3 Å². The van der Waals surface area contributed by atoms with E-state index in [9.17, 15) is 9.59 Å². The first-order chi connectivity index (χ1) is 11.7. The van der Waals surface area contributed by atoms with Gasteiger partial charge in [0.15, 0.2) is 0 Å². The Morgan fingerprint density at radius 1 is 0.958 bits per heavy atom. The second kappa shape index (κ2) is 6.30. The highest BCUT2D eigenvalue weighted by atomic mass is 16.2. The molecular formula is C19H25N3O2. The van der Waals surface area contributed by atoms with Crippen molar-refractivity contribution in [1.82, 2.24) is 15.1 Å². The van der Waals surface area contributed by atoms with Gasteiger partial charge in [-0.1, -0.05) is 31.4 Å². The van der Waals surface area contributed by atoms with Crippen LogP contribution < -0.4 is 5.32 Å². The van der Waals surface area contributed by atoms with Gasteiger partial charge in [0.25, 0.3) is 11.8 Å². The van der Waals surface area contributed by atoms with Crippen molar-refractivity contribution in [3.05, 3.63) is 35.4 Å². The molecule has 1 saturated carbocycles. The minimum atomic E-state index is -0.141. The van der Waals surface area contributed by atoms with Crippen molar-refractivity contribution in [3.63, 3.8) is 0 Å². The van der Waals surface area contributed by atoms with Crippen LogP contribution in [-0.4, -0.2) is 59.9 Å². The number of piperazine rings is 1. The van der Waals surface area contributed by atoms with E-state index in [0.29, 0.717) is 17.7 Å². The summed E-state index contributed by atoms with van der Waals surface area (Å²) in [6.45, 7) is 4.29. The summed E-state index contributed by atoms with van der Waals surface area (Å²) in [5.74, 6) is -0.281. The third-order valence-corrected chi connectivity index (χ3v) is 5.78. The van der Waals surface area contributed by atoms with E-state index >= 15 is 0 Å². The summed E-state index contributed by atoms with van der Waals surface area (Å²) in [5, 5.41) is 3.73. The Morgan fingerprint density at radius 3 is 2.29 bits per heavy atom. The van der Waals surface area contributed by atoms with Gasteiger partial charge in [-0.2, -0.15) is 0 Å². The molecule has 1 saturated heterocycles. The second-order valence-electron chi connectivity index (χ2n) is 7.35. The van der Waals surface area contributed by atoms with Crippen molar-refractivity contribution < 1.29 is 9.59 Å². The molecule has 0 bridgehead atoms. The maximum Gasteiger partial charge on any atom is 0.261 e. The van der Waals surface area contributed by atoms with E-state index in [2.05, 4.69) is 10.2 Å². The highest BCUT2D eigenvalue weighted by Crippen LogP contribution is 2.30. The number of hydrogen-bond donors (Lipinski definition) is 1. The Bertz CT molecular complexity index is 611. The lowest BCUT2D eigenvalue weighted by molar-refractivity contribution is 0.0591. The SMILES string of the molecule is O=C1c2ccccc2C(=O)N1CCN1CCNC2(CCCCC2)C1. The molecule has 0 aromatic heterocycles. The monoisotopic (exact) mass is 327 g/mol. The molecule has 128 valence electrons. The van der Waals surface area contributed by atoms with Gasteiger partial charge in [0.1, 0.15) is 0 Å². The molecule has 2 amide bonds. The molecule has 2 heterocycles. The molecule has 24 heavy (non-hydrogen) atoms. The number of amides is 2. The zero-order valence-corrected chi connectivity index (χ0v) is 14.1. The molecule has 1 aromatic rings. The number of carbonyl (C=O) groups is 2. The Hall–Kier alpha value is -1.72. The fraction of sp³-hybridized carbons (Fsp3) is 0.579. The molecule has 1 aliphatic carbocycles. The highest BCUT2D eigenvalue weighted by Gasteiger charge is 2.38. The summed E-state index contributed by atoms with van der Waals surface area (Å²) in [6, 6.07) is 7.13. The van der Waals surface area contributed by atoms with E-state index in [4.69, 9.17) is 0 Å². The Morgan fingerprint density at radius 2 is 1.62 bits per heavy atom. The molecule has 4 rings (SSSR count). The summed E-state index contributed by atoms with van der Waals surface area (Å²) >= 11 is 0. The number of nitrogens with zero attached hydrogens (tertiary/aromatic N) is 2. The Balaban J connectivity index is 1.39. The Kier molecular flexibility index (Phi) is 4.14. The van der Waals surface area contributed by atoms with Crippen LogP contribution in [0.2, 0.25) is 0 Å². The molecule has 0 radical (unpaired) electrons. The molecular weight excluding hydrogens is 302 g/mol. The first kappa shape index (κ1) is 15.8. The molecule has 1 N–H and O–H groups in total.